The van der Waals surface area contributed by atoms with E-state index in [0.717, 1.165) is 25.9 Å². The quantitative estimate of drug-likeness (QED) is 0.778. The highest BCUT2D eigenvalue weighted by Crippen LogP contribution is 2.41. The summed E-state index contributed by atoms with van der Waals surface area (Å²) >= 11 is 0. The number of nitrogens with zero attached hydrogens (tertiary/aromatic N) is 1. The Kier molecular flexibility index (Phi) is 2.21. The molecule has 0 radical (unpaired) electrons. The molecule has 0 aliphatic carbocycles. The molecule has 3 nitrogen and oxygen atoms in total. The van der Waals surface area contributed by atoms with E-state index >= 15 is 0 Å². The van der Waals surface area contributed by atoms with E-state index < -0.39 is 5.97 Å². The molecule has 1 N–H and O–H groups in total. The maximum absolute atomic E-state index is 11.2. The van der Waals surface area contributed by atoms with Crippen LogP contribution in [-0.2, 0) is 11.2 Å². The summed E-state index contributed by atoms with van der Waals surface area (Å²) in [6.45, 7) is 1.93. The van der Waals surface area contributed by atoms with Crippen molar-refractivity contribution in [1.82, 2.24) is 4.90 Å². The van der Waals surface area contributed by atoms with Gasteiger partial charge in [0.05, 0.1) is 5.92 Å². The largest absolute Gasteiger partial charge is 0.481 e. The van der Waals surface area contributed by atoms with Crippen LogP contribution in [-0.4, -0.2) is 29.1 Å². The number of carboxylic acid groups (broad SMARTS) is 1. The van der Waals surface area contributed by atoms with E-state index in [1.807, 2.05) is 12.1 Å². The molecular weight excluding hydrogens is 202 g/mol. The highest BCUT2D eigenvalue weighted by molar-refractivity contribution is 5.72. The Labute approximate surface area is 94.7 Å². The molecule has 2 unspecified atom stereocenters. The molecule has 0 aromatic heterocycles. The van der Waals surface area contributed by atoms with Crippen LogP contribution in [0.3, 0.4) is 0 Å². The fourth-order valence-corrected chi connectivity index (χ4v) is 3.09. The Hall–Kier alpha value is -1.35. The van der Waals surface area contributed by atoms with Crippen LogP contribution in [0.4, 0.5) is 0 Å². The predicted molar refractivity (Wildman–Crippen MR) is 60.2 cm³/mol. The minimum absolute atomic E-state index is 0.113. The molecule has 0 spiro atoms. The third-order valence-electron chi connectivity index (χ3n) is 3.86. The first kappa shape index (κ1) is 9.85. The van der Waals surface area contributed by atoms with Crippen LogP contribution in [0.5, 0.6) is 0 Å². The second kappa shape index (κ2) is 3.59. The van der Waals surface area contributed by atoms with E-state index in [0.29, 0.717) is 0 Å². The maximum atomic E-state index is 11.2. The van der Waals surface area contributed by atoms with Gasteiger partial charge in [-0.1, -0.05) is 24.3 Å². The third-order valence-corrected chi connectivity index (χ3v) is 3.86. The van der Waals surface area contributed by atoms with Crippen LogP contribution >= 0.6 is 0 Å². The lowest BCUT2D eigenvalue weighted by Crippen LogP contribution is -2.34. The second-order valence-electron chi connectivity index (χ2n) is 4.66. The first-order chi connectivity index (χ1) is 7.77. The molecule has 2 aliphatic heterocycles. The predicted octanol–water partition coefficient (Wildman–Crippen LogP) is 1.69. The van der Waals surface area contributed by atoms with Crippen LogP contribution in [0.25, 0.3) is 0 Å². The summed E-state index contributed by atoms with van der Waals surface area (Å²) in [6, 6.07) is 8.39. The van der Waals surface area contributed by atoms with Gasteiger partial charge in [-0.05, 0) is 30.5 Å². The van der Waals surface area contributed by atoms with E-state index in [2.05, 4.69) is 17.0 Å². The third kappa shape index (κ3) is 1.35. The Morgan fingerprint density at radius 2 is 2.12 bits per heavy atom. The highest BCUT2D eigenvalue weighted by Gasteiger charge is 2.42. The van der Waals surface area contributed by atoms with Crippen molar-refractivity contribution in [3.05, 3.63) is 35.4 Å². The average Bonchev–Trinajstić information content (AvgIpc) is 2.73. The first-order valence-corrected chi connectivity index (χ1v) is 5.82. The highest BCUT2D eigenvalue weighted by atomic mass is 16.4. The number of aliphatic carboxylic acids is 1. The van der Waals surface area contributed by atoms with Crippen LogP contribution in [0.2, 0.25) is 0 Å². The SMILES string of the molecule is O=C(O)C1CCN2CCc3ccccc3C12. The van der Waals surface area contributed by atoms with E-state index in [4.69, 9.17) is 0 Å². The molecule has 3 rings (SSSR count). The van der Waals surface area contributed by atoms with E-state index in [1.54, 1.807) is 0 Å². The van der Waals surface area contributed by atoms with E-state index in [1.165, 1.54) is 11.1 Å². The maximum Gasteiger partial charge on any atom is 0.308 e. The van der Waals surface area contributed by atoms with Gasteiger partial charge in [-0.2, -0.15) is 0 Å². The fraction of sp³-hybridized carbons (Fsp3) is 0.462. The topological polar surface area (TPSA) is 40.5 Å². The van der Waals surface area contributed by atoms with Gasteiger partial charge in [0.25, 0.3) is 0 Å². The van der Waals surface area contributed by atoms with Crippen molar-refractivity contribution in [2.45, 2.75) is 18.9 Å². The van der Waals surface area contributed by atoms with Crippen molar-refractivity contribution in [3.63, 3.8) is 0 Å². The first-order valence-electron chi connectivity index (χ1n) is 5.82. The molecule has 2 heterocycles. The molecule has 2 atom stereocenters. The van der Waals surface area contributed by atoms with Gasteiger partial charge in [-0.3, -0.25) is 9.69 Å². The minimum atomic E-state index is -0.649. The number of carboxylic acids is 1. The molecule has 1 saturated heterocycles. The van der Waals surface area contributed by atoms with Crippen LogP contribution in [0.1, 0.15) is 23.6 Å². The average molecular weight is 217 g/mol. The normalized spacial score (nSPS) is 28.5. The Bertz CT molecular complexity index is 430. The second-order valence-corrected chi connectivity index (χ2v) is 4.66. The zero-order valence-corrected chi connectivity index (χ0v) is 9.10. The summed E-state index contributed by atoms with van der Waals surface area (Å²) in [5.74, 6) is -0.870. The molecule has 0 amide bonds. The molecule has 0 saturated carbocycles. The van der Waals surface area contributed by atoms with Gasteiger partial charge in [-0.25, -0.2) is 0 Å². The van der Waals surface area contributed by atoms with Crippen molar-refractivity contribution >= 4 is 5.97 Å². The van der Waals surface area contributed by atoms with E-state index in [-0.39, 0.29) is 12.0 Å². The minimum Gasteiger partial charge on any atom is -0.481 e. The summed E-state index contributed by atoms with van der Waals surface area (Å²) in [6.07, 6.45) is 1.84. The number of benzene rings is 1. The lowest BCUT2D eigenvalue weighted by molar-refractivity contribution is -0.142. The smallest absolute Gasteiger partial charge is 0.308 e. The number of fused-ring (bicyclic) bond motifs is 3. The number of rotatable bonds is 1. The van der Waals surface area contributed by atoms with Crippen LogP contribution in [0.15, 0.2) is 24.3 Å². The number of carbonyl (C=O) groups is 1. The zero-order chi connectivity index (χ0) is 11.1. The molecular formula is C13H15NO2. The molecule has 1 aromatic carbocycles. The summed E-state index contributed by atoms with van der Waals surface area (Å²) in [7, 11) is 0. The van der Waals surface area contributed by atoms with Crippen LogP contribution < -0.4 is 0 Å². The fourth-order valence-electron chi connectivity index (χ4n) is 3.09. The summed E-state index contributed by atoms with van der Waals surface area (Å²) < 4.78 is 0. The van der Waals surface area contributed by atoms with Gasteiger partial charge in [0.1, 0.15) is 0 Å². The van der Waals surface area contributed by atoms with Gasteiger partial charge in [0, 0.05) is 12.6 Å². The van der Waals surface area contributed by atoms with Gasteiger partial charge in [-0.15, -0.1) is 0 Å². The van der Waals surface area contributed by atoms with E-state index in [9.17, 15) is 9.90 Å². The molecule has 2 aliphatic rings. The van der Waals surface area contributed by atoms with Gasteiger partial charge in [0.15, 0.2) is 0 Å². The van der Waals surface area contributed by atoms with Gasteiger partial charge < -0.3 is 5.11 Å². The van der Waals surface area contributed by atoms with Crippen molar-refractivity contribution in [3.8, 4) is 0 Å². The van der Waals surface area contributed by atoms with Gasteiger partial charge in [0.2, 0.25) is 0 Å². The van der Waals surface area contributed by atoms with Crippen molar-refractivity contribution < 1.29 is 9.90 Å². The van der Waals surface area contributed by atoms with Crippen molar-refractivity contribution in [1.29, 1.82) is 0 Å². The van der Waals surface area contributed by atoms with Crippen LogP contribution in [0, 0.1) is 5.92 Å². The molecule has 3 heteroatoms. The molecule has 1 fully saturated rings. The van der Waals surface area contributed by atoms with Crippen molar-refractivity contribution in [2.24, 2.45) is 5.92 Å². The van der Waals surface area contributed by atoms with Gasteiger partial charge >= 0.3 is 5.97 Å². The Morgan fingerprint density at radius 1 is 1.31 bits per heavy atom. The Morgan fingerprint density at radius 3 is 2.94 bits per heavy atom. The number of hydrogen-bond donors (Lipinski definition) is 1. The summed E-state index contributed by atoms with van der Waals surface area (Å²) in [5.41, 5.74) is 2.57. The van der Waals surface area contributed by atoms with Crippen molar-refractivity contribution in [2.75, 3.05) is 13.1 Å². The Balaban J connectivity index is 2.04. The lowest BCUT2D eigenvalue weighted by Gasteiger charge is -2.33. The monoisotopic (exact) mass is 217 g/mol. The standard InChI is InChI=1S/C13H15NO2/c15-13(16)11-6-8-14-7-5-9-3-1-2-4-10(9)12(11)14/h1-4,11-12H,5-8H2,(H,15,16). The molecule has 0 bridgehead atoms. The molecule has 16 heavy (non-hydrogen) atoms. The summed E-state index contributed by atoms with van der Waals surface area (Å²) in [4.78, 5) is 13.6. The number of hydrogen-bond acceptors (Lipinski definition) is 2. The molecule has 84 valence electrons. The molecule has 1 aromatic rings. The lowest BCUT2D eigenvalue weighted by atomic mass is 9.87. The zero-order valence-electron chi connectivity index (χ0n) is 9.10. The summed E-state index contributed by atoms with van der Waals surface area (Å²) in [5, 5.41) is 9.25.